The minimum absolute atomic E-state index is 0.109. The number of imide groups is 2. The van der Waals surface area contributed by atoms with Gasteiger partial charge in [0.15, 0.2) is 0 Å². The molecule has 6 amide bonds. The van der Waals surface area contributed by atoms with Gasteiger partial charge in [0.1, 0.15) is 12.1 Å². The van der Waals surface area contributed by atoms with E-state index in [2.05, 4.69) is 20.5 Å². The minimum Gasteiger partial charge on any atom is -0.468 e. The molecule has 3 N–H and O–H groups in total. The summed E-state index contributed by atoms with van der Waals surface area (Å²) in [5, 5.41) is 7.05. The molecule has 55 heavy (non-hydrogen) atoms. The van der Waals surface area contributed by atoms with Crippen molar-refractivity contribution in [1.29, 1.82) is 0 Å². The van der Waals surface area contributed by atoms with Crippen LogP contribution in [0.4, 0.5) is 4.79 Å². The van der Waals surface area contributed by atoms with Crippen LogP contribution in [0.3, 0.4) is 0 Å². The molecule has 7 rings (SSSR count). The Bertz CT molecular complexity index is 2000. The van der Waals surface area contributed by atoms with Crippen molar-refractivity contribution < 1.29 is 38.2 Å². The summed E-state index contributed by atoms with van der Waals surface area (Å²) in [6, 6.07) is 16.2. The molecule has 0 spiro atoms. The number of para-hydroxylation sites is 1. The summed E-state index contributed by atoms with van der Waals surface area (Å²) < 4.78 is 10.3. The predicted molar refractivity (Wildman–Crippen MR) is 201 cm³/mol. The number of urea groups is 1. The van der Waals surface area contributed by atoms with Crippen LogP contribution in [0.5, 0.6) is 0 Å². The van der Waals surface area contributed by atoms with Crippen molar-refractivity contribution >= 4 is 46.5 Å². The molecular formula is C41H48N6O8. The van der Waals surface area contributed by atoms with Crippen LogP contribution in [0.15, 0.2) is 71.9 Å². The molecule has 3 fully saturated rings. The molecule has 0 radical (unpaired) electrons. The van der Waals surface area contributed by atoms with E-state index in [-0.39, 0.29) is 38.8 Å². The fourth-order valence-electron chi connectivity index (χ4n) is 9.14. The van der Waals surface area contributed by atoms with Gasteiger partial charge in [-0.15, -0.1) is 0 Å². The summed E-state index contributed by atoms with van der Waals surface area (Å²) in [5.41, 5.74) is 1.60. The zero-order valence-corrected chi connectivity index (χ0v) is 31.3. The first-order chi connectivity index (χ1) is 26.7. The second-order valence-corrected chi connectivity index (χ2v) is 14.6. The maximum absolute atomic E-state index is 15.4. The summed E-state index contributed by atoms with van der Waals surface area (Å²) in [7, 11) is 1.18. The molecule has 14 nitrogen and oxygen atoms in total. The summed E-state index contributed by atoms with van der Waals surface area (Å²) in [5.74, 6) is -6.11. The molecule has 1 aromatic heterocycles. The number of rotatable bonds is 12. The number of aromatic amines is 1. The number of methoxy groups -OCH3 is 1. The molecule has 2 saturated heterocycles. The molecular weight excluding hydrogens is 704 g/mol. The Labute approximate surface area is 319 Å². The molecule has 1 aliphatic carbocycles. The van der Waals surface area contributed by atoms with Gasteiger partial charge in [-0.2, -0.15) is 0 Å². The Kier molecular flexibility index (Phi) is 11.2. The molecule has 0 bridgehead atoms. The highest BCUT2D eigenvalue weighted by atomic mass is 16.5. The lowest BCUT2D eigenvalue weighted by Gasteiger charge is -2.54. The first-order valence-electron chi connectivity index (χ1n) is 19.1. The predicted octanol–water partition coefficient (Wildman–Crippen LogP) is 2.58. The number of nitrogens with one attached hydrogen (secondary N) is 3. The third-order valence-electron chi connectivity index (χ3n) is 11.7. The number of morpholine rings is 1. The van der Waals surface area contributed by atoms with E-state index in [4.69, 9.17) is 9.47 Å². The smallest absolute Gasteiger partial charge is 0.325 e. The lowest BCUT2D eigenvalue weighted by atomic mass is 9.57. The first kappa shape index (κ1) is 38.0. The van der Waals surface area contributed by atoms with Crippen molar-refractivity contribution in [2.24, 2.45) is 17.8 Å². The van der Waals surface area contributed by atoms with Gasteiger partial charge in [0.05, 0.1) is 32.2 Å². The molecule has 14 heteroatoms. The number of benzene rings is 2. The van der Waals surface area contributed by atoms with Crippen LogP contribution in [-0.2, 0) is 46.3 Å². The van der Waals surface area contributed by atoms with Gasteiger partial charge in [-0.1, -0.05) is 61.0 Å². The fraction of sp³-hybridized carbons (Fsp3) is 0.463. The summed E-state index contributed by atoms with van der Waals surface area (Å²) in [4.78, 5) is 93.3. The number of esters is 1. The van der Waals surface area contributed by atoms with Crippen LogP contribution in [0.25, 0.3) is 10.9 Å². The second-order valence-electron chi connectivity index (χ2n) is 14.6. The number of carbonyl (C=O) groups excluding carboxylic acids is 6. The Morgan fingerprint density at radius 1 is 0.964 bits per heavy atom. The molecule has 4 heterocycles. The minimum atomic E-state index is -1.96. The zero-order valence-electron chi connectivity index (χ0n) is 31.3. The number of ether oxygens (including phenoxy) is 2. The molecule has 0 unspecified atom stereocenters. The van der Waals surface area contributed by atoms with Gasteiger partial charge in [0.2, 0.25) is 17.7 Å². The van der Waals surface area contributed by atoms with E-state index in [1.807, 2.05) is 67.7 Å². The highest BCUT2D eigenvalue weighted by Crippen LogP contribution is 2.55. The number of fused-ring (bicyclic) bond motifs is 4. The number of hydrogen-bond acceptors (Lipinski definition) is 9. The van der Waals surface area contributed by atoms with Crippen LogP contribution in [-0.4, -0.2) is 120 Å². The molecule has 4 aliphatic rings. The Hall–Kier alpha value is -5.34. The Morgan fingerprint density at radius 3 is 2.45 bits per heavy atom. The van der Waals surface area contributed by atoms with E-state index < -0.39 is 65.5 Å². The van der Waals surface area contributed by atoms with E-state index in [1.165, 1.54) is 7.11 Å². The van der Waals surface area contributed by atoms with Crippen LogP contribution in [0.2, 0.25) is 0 Å². The molecule has 1 saturated carbocycles. The van der Waals surface area contributed by atoms with Crippen LogP contribution in [0, 0.1) is 17.8 Å². The van der Waals surface area contributed by atoms with Crippen LogP contribution < -0.4 is 10.6 Å². The van der Waals surface area contributed by atoms with Crippen molar-refractivity contribution in [2.45, 2.75) is 44.6 Å². The van der Waals surface area contributed by atoms with Crippen LogP contribution >= 0.6 is 0 Å². The van der Waals surface area contributed by atoms with Gasteiger partial charge < -0.3 is 25.1 Å². The maximum Gasteiger partial charge on any atom is 0.325 e. The molecule has 290 valence electrons. The quantitative estimate of drug-likeness (QED) is 0.186. The highest BCUT2D eigenvalue weighted by molar-refractivity contribution is 6.13. The van der Waals surface area contributed by atoms with Crippen molar-refractivity contribution in [1.82, 2.24) is 30.3 Å². The average Bonchev–Trinajstić information content (AvgIpc) is 3.72. The van der Waals surface area contributed by atoms with Crippen LogP contribution in [0.1, 0.15) is 37.3 Å². The number of aromatic nitrogens is 1. The SMILES string of the molecule is CCC1=C2CC[C@H]3C(=O)N(CC(=O)OC)C(=O)[C@H]3[C@H]2[C@@](Cc2ccccc2)(C(=O)NCCc2c[nH]c3ccccc23)N(C(=O)NCCN2CCOCC2)C1=O. The lowest BCUT2D eigenvalue weighted by molar-refractivity contribution is -0.153. The summed E-state index contributed by atoms with van der Waals surface area (Å²) in [6.45, 7) is 4.67. The number of amides is 6. The van der Waals surface area contributed by atoms with Crippen molar-refractivity contribution in [3.63, 3.8) is 0 Å². The first-order valence-corrected chi connectivity index (χ1v) is 19.1. The number of hydrogen-bond donors (Lipinski definition) is 3. The largest absolute Gasteiger partial charge is 0.468 e. The summed E-state index contributed by atoms with van der Waals surface area (Å²) >= 11 is 0. The van der Waals surface area contributed by atoms with Crippen molar-refractivity contribution in [3.8, 4) is 0 Å². The Balaban J connectivity index is 1.33. The van der Waals surface area contributed by atoms with Gasteiger partial charge in [-0.3, -0.25) is 33.8 Å². The normalized spacial score (nSPS) is 24.2. The lowest BCUT2D eigenvalue weighted by Crippen LogP contribution is -2.73. The zero-order chi connectivity index (χ0) is 38.7. The number of carbonyl (C=O) groups is 6. The monoisotopic (exact) mass is 752 g/mol. The topological polar surface area (TPSA) is 170 Å². The standard InChI is InChI=1S/C41H48N6O8/c1-3-28-30-13-14-31-34(38(51)46(36(31)49)25-33(48)54-2)35(30)41(23-26-9-5-4-6-10-26,39(52)42-16-15-27-24-44-32-12-8-7-11-29(27)32)47(37(28)50)40(53)43-17-18-45-19-21-55-22-20-45/h4-12,24,31,34-35,44H,3,13-23,25H2,1-2H3,(H,42,52)(H,43,53)/t31-,34-,35+,41+/m1/s1. The molecule has 4 atom stereocenters. The maximum atomic E-state index is 15.4. The number of likely N-dealkylation sites (tertiary alicyclic amines) is 1. The molecule has 3 aromatic rings. The number of nitrogens with zero attached hydrogens (tertiary/aromatic N) is 3. The third kappa shape index (κ3) is 7.04. The van der Waals surface area contributed by atoms with Gasteiger partial charge >= 0.3 is 12.0 Å². The summed E-state index contributed by atoms with van der Waals surface area (Å²) in [6.07, 6.45) is 3.01. The second kappa shape index (κ2) is 16.2. The molecule has 2 aromatic carbocycles. The van der Waals surface area contributed by atoms with E-state index in [9.17, 15) is 24.0 Å². The van der Waals surface area contributed by atoms with E-state index in [0.29, 0.717) is 56.0 Å². The molecule has 3 aliphatic heterocycles. The third-order valence-corrected chi connectivity index (χ3v) is 11.7. The van der Waals surface area contributed by atoms with Gasteiger partial charge in [-0.05, 0) is 42.9 Å². The van der Waals surface area contributed by atoms with Gasteiger partial charge in [0.25, 0.3) is 5.91 Å². The van der Waals surface area contributed by atoms with Gasteiger partial charge in [-0.25, -0.2) is 9.69 Å². The van der Waals surface area contributed by atoms with E-state index in [0.717, 1.165) is 26.3 Å². The average molecular weight is 753 g/mol. The highest BCUT2D eigenvalue weighted by Gasteiger charge is 2.67. The number of H-pyrrole nitrogens is 1. The Morgan fingerprint density at radius 2 is 1.71 bits per heavy atom. The van der Waals surface area contributed by atoms with Crippen molar-refractivity contribution in [3.05, 3.63) is 83.1 Å². The van der Waals surface area contributed by atoms with E-state index >= 15 is 4.79 Å². The van der Waals surface area contributed by atoms with Crippen molar-refractivity contribution in [2.75, 3.05) is 59.6 Å². The van der Waals surface area contributed by atoms with E-state index in [1.54, 1.807) is 0 Å². The van der Waals surface area contributed by atoms with Gasteiger partial charge in [0, 0.05) is 67.7 Å². The fourth-order valence-corrected chi connectivity index (χ4v) is 9.14.